The number of aromatic amines is 1. The lowest BCUT2D eigenvalue weighted by Gasteiger charge is -2.11. The molecule has 0 radical (unpaired) electrons. The van der Waals surface area contributed by atoms with E-state index in [1.165, 1.54) is 5.39 Å². The van der Waals surface area contributed by atoms with Gasteiger partial charge < -0.3 is 15.0 Å². The van der Waals surface area contributed by atoms with E-state index in [0.29, 0.717) is 12.3 Å². The number of carbonyl (C=O) groups excluding carboxylic acids is 1. The number of benzene rings is 3. The van der Waals surface area contributed by atoms with Gasteiger partial charge in [-0.05, 0) is 35.4 Å². The second kappa shape index (κ2) is 6.92. The average molecular weight is 344 g/mol. The first kappa shape index (κ1) is 16.2. The Bertz CT molecular complexity index is 1050. The number of amides is 1. The zero-order chi connectivity index (χ0) is 17.9. The number of fused-ring (bicyclic) bond motifs is 2. The fourth-order valence-electron chi connectivity index (χ4n) is 3.18. The molecule has 4 rings (SSSR count). The summed E-state index contributed by atoms with van der Waals surface area (Å²) in [6, 6.07) is 22.1. The van der Waals surface area contributed by atoms with E-state index >= 15 is 0 Å². The number of aryl methyl sites for hydroxylation is 1. The third-order valence-corrected chi connectivity index (χ3v) is 4.52. The van der Waals surface area contributed by atoms with Gasteiger partial charge >= 0.3 is 6.09 Å². The molecule has 0 spiro atoms. The van der Waals surface area contributed by atoms with Gasteiger partial charge in [0.25, 0.3) is 0 Å². The predicted molar refractivity (Wildman–Crippen MR) is 105 cm³/mol. The van der Waals surface area contributed by atoms with Crippen LogP contribution < -0.4 is 10.1 Å². The number of ether oxygens (including phenoxy) is 1. The molecule has 1 aromatic heterocycles. The minimum Gasteiger partial charge on any atom is -0.409 e. The van der Waals surface area contributed by atoms with Crippen LogP contribution in [0.5, 0.6) is 5.75 Å². The first-order valence-corrected chi connectivity index (χ1v) is 8.71. The molecule has 0 saturated heterocycles. The van der Waals surface area contributed by atoms with Crippen molar-refractivity contribution in [1.82, 2.24) is 10.3 Å². The summed E-state index contributed by atoms with van der Waals surface area (Å²) in [6.07, 6.45) is 0.291. The molecule has 0 unspecified atom stereocenters. The number of hydrogen-bond donors (Lipinski definition) is 2. The minimum absolute atomic E-state index is 0.430. The maximum absolute atomic E-state index is 12.2. The molecule has 0 aliphatic rings. The van der Waals surface area contributed by atoms with Crippen molar-refractivity contribution in [1.29, 1.82) is 0 Å². The van der Waals surface area contributed by atoms with E-state index in [-0.39, 0.29) is 0 Å². The number of aromatic nitrogens is 1. The minimum atomic E-state index is -0.430. The van der Waals surface area contributed by atoms with Gasteiger partial charge in [-0.15, -0.1) is 0 Å². The first-order valence-electron chi connectivity index (χ1n) is 8.71. The molecule has 1 heterocycles. The number of carbonyl (C=O) groups is 1. The zero-order valence-electron chi connectivity index (χ0n) is 14.6. The van der Waals surface area contributed by atoms with Gasteiger partial charge in [-0.25, -0.2) is 4.79 Å². The molecule has 0 aliphatic heterocycles. The normalized spacial score (nSPS) is 11.0. The summed E-state index contributed by atoms with van der Waals surface area (Å²) >= 11 is 0. The van der Waals surface area contributed by atoms with Crippen LogP contribution in [0.4, 0.5) is 4.79 Å². The van der Waals surface area contributed by atoms with E-state index < -0.39 is 6.09 Å². The summed E-state index contributed by atoms with van der Waals surface area (Å²) in [7, 11) is 0. The topological polar surface area (TPSA) is 54.1 Å². The average Bonchev–Trinajstić information content (AvgIpc) is 3.07. The molecule has 4 nitrogen and oxygen atoms in total. The van der Waals surface area contributed by atoms with Crippen LogP contribution in [0.15, 0.2) is 66.7 Å². The lowest BCUT2D eigenvalue weighted by atomic mass is 10.1. The van der Waals surface area contributed by atoms with Gasteiger partial charge in [0.05, 0.1) is 0 Å². The molecule has 0 atom stereocenters. The van der Waals surface area contributed by atoms with Crippen LogP contribution in [-0.2, 0) is 6.42 Å². The lowest BCUT2D eigenvalue weighted by molar-refractivity contribution is 0.201. The lowest BCUT2D eigenvalue weighted by Crippen LogP contribution is -2.29. The zero-order valence-corrected chi connectivity index (χ0v) is 14.6. The fourth-order valence-corrected chi connectivity index (χ4v) is 3.18. The van der Waals surface area contributed by atoms with Gasteiger partial charge in [-0.1, -0.05) is 54.6 Å². The van der Waals surface area contributed by atoms with Crippen molar-refractivity contribution in [2.24, 2.45) is 0 Å². The van der Waals surface area contributed by atoms with Crippen molar-refractivity contribution in [3.8, 4) is 5.75 Å². The Morgan fingerprint density at radius 1 is 1.00 bits per heavy atom. The van der Waals surface area contributed by atoms with E-state index in [4.69, 9.17) is 4.74 Å². The number of nitrogens with one attached hydrogen (secondary N) is 2. The SMILES string of the molecule is Cc1ccc2ccccc2c1OC(=O)NCCc1cc2ccccc2[nH]1. The van der Waals surface area contributed by atoms with Crippen molar-refractivity contribution in [2.45, 2.75) is 13.3 Å². The Balaban J connectivity index is 1.41. The third kappa shape index (κ3) is 3.26. The van der Waals surface area contributed by atoms with Crippen LogP contribution in [0, 0.1) is 6.92 Å². The quantitative estimate of drug-likeness (QED) is 0.550. The van der Waals surface area contributed by atoms with Gasteiger partial charge in [0.1, 0.15) is 5.75 Å². The molecule has 26 heavy (non-hydrogen) atoms. The van der Waals surface area contributed by atoms with Gasteiger partial charge in [0.15, 0.2) is 0 Å². The van der Waals surface area contributed by atoms with Gasteiger partial charge in [-0.3, -0.25) is 0 Å². The predicted octanol–water partition coefficient (Wildman–Crippen LogP) is 4.96. The van der Waals surface area contributed by atoms with Crippen molar-refractivity contribution in [2.75, 3.05) is 6.54 Å². The molecule has 0 aliphatic carbocycles. The summed E-state index contributed by atoms with van der Waals surface area (Å²) in [5.41, 5.74) is 3.14. The summed E-state index contributed by atoms with van der Waals surface area (Å²) < 4.78 is 5.60. The van der Waals surface area contributed by atoms with Crippen molar-refractivity contribution in [3.63, 3.8) is 0 Å². The monoisotopic (exact) mass is 344 g/mol. The highest BCUT2D eigenvalue weighted by molar-refractivity contribution is 5.91. The highest BCUT2D eigenvalue weighted by Crippen LogP contribution is 2.29. The largest absolute Gasteiger partial charge is 0.412 e. The van der Waals surface area contributed by atoms with Crippen molar-refractivity contribution < 1.29 is 9.53 Å². The van der Waals surface area contributed by atoms with Gasteiger partial charge in [0.2, 0.25) is 0 Å². The van der Waals surface area contributed by atoms with Gasteiger partial charge in [0, 0.05) is 29.6 Å². The Kier molecular flexibility index (Phi) is 4.32. The summed E-state index contributed by atoms with van der Waals surface area (Å²) in [4.78, 5) is 15.6. The van der Waals surface area contributed by atoms with Crippen LogP contribution in [-0.4, -0.2) is 17.6 Å². The van der Waals surface area contributed by atoms with Crippen LogP contribution in [0.1, 0.15) is 11.3 Å². The Hall–Kier alpha value is -3.27. The third-order valence-electron chi connectivity index (χ3n) is 4.52. The molecule has 3 aromatic carbocycles. The van der Waals surface area contributed by atoms with E-state index in [0.717, 1.165) is 34.0 Å². The number of para-hydroxylation sites is 1. The molecule has 130 valence electrons. The van der Waals surface area contributed by atoms with Crippen LogP contribution in [0.2, 0.25) is 0 Å². The Morgan fingerprint density at radius 2 is 1.77 bits per heavy atom. The standard InChI is InChI=1S/C22H20N2O2/c1-15-10-11-16-6-2-4-8-19(16)21(15)26-22(25)23-13-12-18-14-17-7-3-5-9-20(17)24-18/h2-11,14,24H,12-13H2,1H3,(H,23,25). The molecule has 2 N–H and O–H groups in total. The second-order valence-corrected chi connectivity index (χ2v) is 6.38. The second-order valence-electron chi connectivity index (χ2n) is 6.38. The van der Waals surface area contributed by atoms with E-state index in [9.17, 15) is 4.79 Å². The van der Waals surface area contributed by atoms with Crippen LogP contribution >= 0.6 is 0 Å². The first-order chi connectivity index (χ1) is 12.7. The maximum Gasteiger partial charge on any atom is 0.412 e. The fraction of sp³-hybridized carbons (Fsp3) is 0.136. The Labute approximate surface area is 151 Å². The summed E-state index contributed by atoms with van der Waals surface area (Å²) in [6.45, 7) is 2.45. The van der Waals surface area contributed by atoms with Crippen LogP contribution in [0.25, 0.3) is 21.7 Å². The van der Waals surface area contributed by atoms with E-state index in [1.807, 2.05) is 61.5 Å². The Morgan fingerprint density at radius 3 is 2.62 bits per heavy atom. The smallest absolute Gasteiger partial charge is 0.409 e. The van der Waals surface area contributed by atoms with Crippen molar-refractivity contribution in [3.05, 3.63) is 78.0 Å². The van der Waals surface area contributed by atoms with Crippen LogP contribution in [0.3, 0.4) is 0 Å². The maximum atomic E-state index is 12.2. The number of rotatable bonds is 4. The molecule has 1 amide bonds. The van der Waals surface area contributed by atoms with E-state index in [2.05, 4.69) is 22.4 Å². The molecular weight excluding hydrogens is 324 g/mol. The van der Waals surface area contributed by atoms with E-state index in [1.54, 1.807) is 0 Å². The number of hydrogen-bond acceptors (Lipinski definition) is 2. The molecular formula is C22H20N2O2. The highest BCUT2D eigenvalue weighted by Gasteiger charge is 2.11. The van der Waals surface area contributed by atoms with Crippen molar-refractivity contribution >= 4 is 27.8 Å². The molecule has 4 aromatic rings. The van der Waals surface area contributed by atoms with Gasteiger partial charge in [-0.2, -0.15) is 0 Å². The highest BCUT2D eigenvalue weighted by atomic mass is 16.6. The molecule has 0 saturated carbocycles. The summed E-state index contributed by atoms with van der Waals surface area (Å²) in [5, 5.41) is 6.01. The molecule has 0 bridgehead atoms. The number of H-pyrrole nitrogens is 1. The summed E-state index contributed by atoms with van der Waals surface area (Å²) in [5.74, 6) is 0.617. The molecule has 0 fully saturated rings. The molecule has 4 heteroatoms.